The zero-order valence-corrected chi connectivity index (χ0v) is 17.5. The molecule has 0 aliphatic carbocycles. The number of carbonyl (C=O) groups is 1. The first-order valence-electron chi connectivity index (χ1n) is 10.8. The minimum Gasteiger partial charge on any atom is -0.494 e. The van der Waals surface area contributed by atoms with Gasteiger partial charge in [0.25, 0.3) is 0 Å². The number of nitrogens with zero attached hydrogens (tertiary/aromatic N) is 1. The van der Waals surface area contributed by atoms with Crippen molar-refractivity contribution in [2.24, 2.45) is 0 Å². The van der Waals surface area contributed by atoms with Gasteiger partial charge < -0.3 is 14.2 Å². The Balaban J connectivity index is 1.42. The van der Waals surface area contributed by atoms with Gasteiger partial charge in [0.2, 0.25) is 0 Å². The number of hydrogen-bond donors (Lipinski definition) is 0. The molecule has 5 nitrogen and oxygen atoms in total. The number of benzene rings is 2. The van der Waals surface area contributed by atoms with E-state index >= 15 is 0 Å². The SMILES string of the molecule is CCCCOc1ccc(C2=CC3COCC(C2)N3C(=O)OCc2ccccc2)cc1. The largest absolute Gasteiger partial charge is 0.494 e. The van der Waals surface area contributed by atoms with Gasteiger partial charge in [0, 0.05) is 0 Å². The molecule has 2 aliphatic heterocycles. The Labute approximate surface area is 178 Å². The van der Waals surface area contributed by atoms with Crippen molar-refractivity contribution in [1.29, 1.82) is 0 Å². The second-order valence-corrected chi connectivity index (χ2v) is 7.83. The third-order valence-electron chi connectivity index (χ3n) is 5.61. The van der Waals surface area contributed by atoms with Crippen LogP contribution in [0, 0.1) is 0 Å². The summed E-state index contributed by atoms with van der Waals surface area (Å²) in [6.45, 7) is 4.22. The van der Waals surface area contributed by atoms with Gasteiger partial charge in [0.15, 0.2) is 0 Å². The van der Waals surface area contributed by atoms with E-state index in [9.17, 15) is 4.79 Å². The Morgan fingerprint density at radius 3 is 2.63 bits per heavy atom. The highest BCUT2D eigenvalue weighted by atomic mass is 16.6. The van der Waals surface area contributed by atoms with Crippen LogP contribution in [0.2, 0.25) is 0 Å². The van der Waals surface area contributed by atoms with Crippen LogP contribution in [0.5, 0.6) is 5.75 Å². The predicted octanol–water partition coefficient (Wildman–Crippen LogP) is 5.06. The molecule has 0 N–H and O–H groups in total. The lowest BCUT2D eigenvalue weighted by atomic mass is 9.90. The Morgan fingerprint density at radius 1 is 1.10 bits per heavy atom. The summed E-state index contributed by atoms with van der Waals surface area (Å²) in [6, 6.07) is 17.9. The molecule has 5 heteroatoms. The summed E-state index contributed by atoms with van der Waals surface area (Å²) < 4.78 is 17.1. The summed E-state index contributed by atoms with van der Waals surface area (Å²) in [6.07, 6.45) is 4.82. The maximum atomic E-state index is 12.8. The van der Waals surface area contributed by atoms with Crippen molar-refractivity contribution in [3.05, 3.63) is 71.8 Å². The molecule has 2 unspecified atom stereocenters. The Bertz CT molecular complexity index is 862. The molecule has 0 spiro atoms. The van der Waals surface area contributed by atoms with Crippen molar-refractivity contribution in [1.82, 2.24) is 4.90 Å². The molecule has 2 aromatic rings. The molecule has 2 aromatic carbocycles. The zero-order chi connectivity index (χ0) is 20.8. The van der Waals surface area contributed by atoms with E-state index < -0.39 is 0 Å². The van der Waals surface area contributed by atoms with E-state index in [1.165, 1.54) is 11.1 Å². The van der Waals surface area contributed by atoms with Gasteiger partial charge in [0.05, 0.1) is 31.9 Å². The molecule has 0 aromatic heterocycles. The molecule has 1 saturated heterocycles. The van der Waals surface area contributed by atoms with Crippen molar-refractivity contribution in [2.75, 3.05) is 19.8 Å². The van der Waals surface area contributed by atoms with Gasteiger partial charge in [-0.3, -0.25) is 4.90 Å². The van der Waals surface area contributed by atoms with Gasteiger partial charge >= 0.3 is 6.09 Å². The number of ether oxygens (including phenoxy) is 3. The number of unbranched alkanes of at least 4 members (excludes halogenated alkanes) is 1. The lowest BCUT2D eigenvalue weighted by Gasteiger charge is -2.43. The van der Waals surface area contributed by atoms with E-state index in [0.29, 0.717) is 13.2 Å². The third-order valence-corrected chi connectivity index (χ3v) is 5.61. The molecule has 4 rings (SSSR count). The number of fused-ring (bicyclic) bond motifs is 2. The van der Waals surface area contributed by atoms with Crippen molar-refractivity contribution in [3.63, 3.8) is 0 Å². The smallest absolute Gasteiger partial charge is 0.411 e. The lowest BCUT2D eigenvalue weighted by molar-refractivity contribution is -0.0342. The molecule has 30 heavy (non-hydrogen) atoms. The van der Waals surface area contributed by atoms with Crippen LogP contribution >= 0.6 is 0 Å². The van der Waals surface area contributed by atoms with Gasteiger partial charge in [-0.2, -0.15) is 0 Å². The monoisotopic (exact) mass is 407 g/mol. The van der Waals surface area contributed by atoms with Crippen LogP contribution in [-0.2, 0) is 16.1 Å². The maximum absolute atomic E-state index is 12.8. The standard InChI is InChI=1S/C25H29NO4/c1-2-3-13-29-24-11-9-20(10-12-24)21-14-22-17-28-18-23(15-21)26(22)25(27)30-16-19-7-5-4-6-8-19/h4-12,14,22-23H,2-3,13,15-18H2,1H3. The number of rotatable bonds is 7. The summed E-state index contributed by atoms with van der Waals surface area (Å²) in [5, 5.41) is 0. The third kappa shape index (κ3) is 4.85. The first-order chi connectivity index (χ1) is 14.7. The molecule has 0 saturated carbocycles. The zero-order valence-electron chi connectivity index (χ0n) is 17.5. The van der Waals surface area contributed by atoms with Crippen LogP contribution in [0.4, 0.5) is 4.79 Å². The van der Waals surface area contributed by atoms with Crippen LogP contribution in [0.3, 0.4) is 0 Å². The van der Waals surface area contributed by atoms with Crippen molar-refractivity contribution in [3.8, 4) is 5.75 Å². The molecule has 2 bridgehead atoms. The maximum Gasteiger partial charge on any atom is 0.411 e. The minimum absolute atomic E-state index is 0.00694. The molecule has 2 atom stereocenters. The average Bonchev–Trinajstić information content (AvgIpc) is 2.78. The average molecular weight is 408 g/mol. The number of morpholine rings is 1. The van der Waals surface area contributed by atoms with Crippen LogP contribution in [0.1, 0.15) is 37.3 Å². The topological polar surface area (TPSA) is 48.0 Å². The molecular weight excluding hydrogens is 378 g/mol. The fourth-order valence-corrected chi connectivity index (χ4v) is 3.99. The fourth-order valence-electron chi connectivity index (χ4n) is 3.99. The molecular formula is C25H29NO4. The summed E-state index contributed by atoms with van der Waals surface area (Å²) in [5.74, 6) is 0.901. The highest BCUT2D eigenvalue weighted by Crippen LogP contribution is 2.33. The van der Waals surface area contributed by atoms with Crippen LogP contribution in [-0.4, -0.2) is 42.9 Å². The number of amides is 1. The predicted molar refractivity (Wildman–Crippen MR) is 116 cm³/mol. The van der Waals surface area contributed by atoms with Gasteiger partial charge in [-0.05, 0) is 41.7 Å². The number of carbonyl (C=O) groups excluding carboxylic acids is 1. The van der Waals surface area contributed by atoms with Gasteiger partial charge in [-0.15, -0.1) is 0 Å². The quantitative estimate of drug-likeness (QED) is 0.602. The molecule has 1 fully saturated rings. The fraction of sp³-hybridized carbons (Fsp3) is 0.400. The Kier molecular flexibility index (Phi) is 6.70. The van der Waals surface area contributed by atoms with Gasteiger partial charge in [0.1, 0.15) is 12.4 Å². The summed E-state index contributed by atoms with van der Waals surface area (Å²) in [7, 11) is 0. The minimum atomic E-state index is -0.271. The summed E-state index contributed by atoms with van der Waals surface area (Å²) in [5.41, 5.74) is 3.41. The van der Waals surface area contributed by atoms with Crippen molar-refractivity contribution in [2.45, 2.75) is 44.9 Å². The van der Waals surface area contributed by atoms with E-state index in [0.717, 1.165) is 37.2 Å². The normalized spacial score (nSPS) is 20.4. The molecule has 158 valence electrons. The molecule has 1 amide bonds. The van der Waals surface area contributed by atoms with Crippen molar-refractivity contribution >= 4 is 11.7 Å². The van der Waals surface area contributed by atoms with Crippen molar-refractivity contribution < 1.29 is 19.0 Å². The van der Waals surface area contributed by atoms with E-state index in [4.69, 9.17) is 14.2 Å². The second kappa shape index (κ2) is 9.81. The van der Waals surface area contributed by atoms with Crippen LogP contribution in [0.15, 0.2) is 60.7 Å². The molecule has 2 aliphatic rings. The molecule has 0 radical (unpaired) electrons. The van der Waals surface area contributed by atoms with E-state index in [1.54, 1.807) is 0 Å². The van der Waals surface area contributed by atoms with Gasteiger partial charge in [-0.25, -0.2) is 4.79 Å². The Hall–Kier alpha value is -2.79. The van der Waals surface area contributed by atoms with Gasteiger partial charge in [-0.1, -0.05) is 61.9 Å². The number of hydrogen-bond acceptors (Lipinski definition) is 4. The highest BCUT2D eigenvalue weighted by Gasteiger charge is 2.39. The highest BCUT2D eigenvalue weighted by molar-refractivity contribution is 5.74. The summed E-state index contributed by atoms with van der Waals surface area (Å²) >= 11 is 0. The van der Waals surface area contributed by atoms with Crippen LogP contribution < -0.4 is 4.74 Å². The van der Waals surface area contributed by atoms with E-state index in [2.05, 4.69) is 25.1 Å². The first kappa shape index (κ1) is 20.5. The van der Waals surface area contributed by atoms with Crippen LogP contribution in [0.25, 0.3) is 5.57 Å². The second-order valence-electron chi connectivity index (χ2n) is 7.83. The van der Waals surface area contributed by atoms with E-state index in [-0.39, 0.29) is 24.8 Å². The first-order valence-corrected chi connectivity index (χ1v) is 10.8. The Morgan fingerprint density at radius 2 is 1.90 bits per heavy atom. The summed E-state index contributed by atoms with van der Waals surface area (Å²) in [4.78, 5) is 14.6. The van der Waals surface area contributed by atoms with E-state index in [1.807, 2.05) is 47.4 Å². The molecule has 2 heterocycles. The lowest BCUT2D eigenvalue weighted by Crippen LogP contribution is -2.56.